The van der Waals surface area contributed by atoms with Gasteiger partial charge in [-0.25, -0.2) is 0 Å². The molecular weight excluding hydrogens is 310 g/mol. The van der Waals surface area contributed by atoms with Crippen LogP contribution in [0.3, 0.4) is 0 Å². The van der Waals surface area contributed by atoms with E-state index in [0.717, 1.165) is 24.2 Å². The van der Waals surface area contributed by atoms with E-state index in [1.54, 1.807) is 0 Å². The highest BCUT2D eigenvalue weighted by atomic mass is 79.9. The van der Waals surface area contributed by atoms with Crippen molar-refractivity contribution in [3.63, 3.8) is 0 Å². The molecule has 1 aromatic rings. The highest BCUT2D eigenvalue weighted by Gasteiger charge is 2.53. The fourth-order valence-corrected chi connectivity index (χ4v) is 6.55. The first-order valence-electron chi connectivity index (χ1n) is 8.19. The van der Waals surface area contributed by atoms with Crippen molar-refractivity contribution < 1.29 is 0 Å². The van der Waals surface area contributed by atoms with Crippen LogP contribution in [0.4, 0.5) is 0 Å². The molecule has 0 aliphatic heterocycles. The standard InChI is InChI=1S/C18H24BrN/c1-12-3-2-4-20-16(12)8-17(19)18-9-13-5-14(10-18)7-15(6-13)11-18/h2-4,13-15,17H,5-11H2,1H3. The number of hydrogen-bond acceptors (Lipinski definition) is 1. The first-order chi connectivity index (χ1) is 9.64. The normalized spacial score (nSPS) is 40.0. The predicted octanol–water partition coefficient (Wildman–Crippen LogP) is 4.91. The van der Waals surface area contributed by atoms with Crippen molar-refractivity contribution in [2.75, 3.05) is 0 Å². The number of pyridine rings is 1. The van der Waals surface area contributed by atoms with Crippen LogP contribution in [0.25, 0.3) is 0 Å². The molecule has 0 radical (unpaired) electrons. The van der Waals surface area contributed by atoms with Gasteiger partial charge in [-0.2, -0.15) is 0 Å². The van der Waals surface area contributed by atoms with Crippen molar-refractivity contribution in [1.82, 2.24) is 4.98 Å². The van der Waals surface area contributed by atoms with Crippen molar-refractivity contribution in [3.05, 3.63) is 29.6 Å². The van der Waals surface area contributed by atoms with E-state index < -0.39 is 0 Å². The van der Waals surface area contributed by atoms with Crippen molar-refractivity contribution in [1.29, 1.82) is 0 Å². The molecule has 0 amide bonds. The minimum absolute atomic E-state index is 0.582. The smallest absolute Gasteiger partial charge is 0.0444 e. The van der Waals surface area contributed by atoms with Crippen LogP contribution in [0.1, 0.15) is 49.8 Å². The van der Waals surface area contributed by atoms with Crippen molar-refractivity contribution >= 4 is 15.9 Å². The molecule has 1 heterocycles. The lowest BCUT2D eigenvalue weighted by molar-refractivity contribution is -0.0523. The first-order valence-corrected chi connectivity index (χ1v) is 9.11. The lowest BCUT2D eigenvalue weighted by atomic mass is 9.48. The molecule has 4 bridgehead atoms. The third kappa shape index (κ3) is 2.15. The van der Waals surface area contributed by atoms with Gasteiger partial charge in [0.15, 0.2) is 0 Å². The van der Waals surface area contributed by atoms with Crippen LogP contribution in [-0.4, -0.2) is 9.81 Å². The van der Waals surface area contributed by atoms with E-state index in [9.17, 15) is 0 Å². The Bertz CT molecular complexity index is 475. The predicted molar refractivity (Wildman–Crippen MR) is 86.0 cm³/mol. The fraction of sp³-hybridized carbons (Fsp3) is 0.722. The SMILES string of the molecule is Cc1cccnc1CC(Br)C12CC3CC(CC(C3)C1)C2. The van der Waals surface area contributed by atoms with E-state index in [2.05, 4.69) is 33.9 Å². The molecule has 0 saturated heterocycles. The molecule has 1 atom stereocenters. The molecular formula is C18H24BrN. The average Bonchev–Trinajstić information content (AvgIpc) is 2.40. The Morgan fingerprint density at radius 2 is 1.80 bits per heavy atom. The third-order valence-electron chi connectivity index (χ3n) is 6.24. The molecule has 0 N–H and O–H groups in total. The van der Waals surface area contributed by atoms with Crippen LogP contribution in [0, 0.1) is 30.1 Å². The number of aryl methyl sites for hydroxylation is 1. The van der Waals surface area contributed by atoms with Crippen molar-refractivity contribution in [2.45, 2.75) is 56.7 Å². The van der Waals surface area contributed by atoms with Crippen LogP contribution >= 0.6 is 15.9 Å². The fourth-order valence-electron chi connectivity index (χ4n) is 5.68. The topological polar surface area (TPSA) is 12.9 Å². The maximum Gasteiger partial charge on any atom is 0.0444 e. The molecule has 2 heteroatoms. The average molecular weight is 334 g/mol. The first kappa shape index (κ1) is 13.3. The number of hydrogen-bond donors (Lipinski definition) is 0. The number of aromatic nitrogens is 1. The zero-order valence-corrected chi connectivity index (χ0v) is 13.9. The summed E-state index contributed by atoms with van der Waals surface area (Å²) in [5, 5.41) is 0. The number of halogens is 1. The highest BCUT2D eigenvalue weighted by molar-refractivity contribution is 9.09. The molecule has 1 unspecified atom stereocenters. The van der Waals surface area contributed by atoms with Crippen LogP contribution < -0.4 is 0 Å². The Hall–Kier alpha value is -0.370. The van der Waals surface area contributed by atoms with Crippen molar-refractivity contribution in [3.8, 4) is 0 Å². The summed E-state index contributed by atoms with van der Waals surface area (Å²) in [4.78, 5) is 5.24. The molecule has 0 aromatic carbocycles. The Labute approximate surface area is 130 Å². The minimum atomic E-state index is 0.582. The zero-order chi connectivity index (χ0) is 13.7. The maximum absolute atomic E-state index is 4.62. The van der Waals surface area contributed by atoms with Gasteiger partial charge in [-0.3, -0.25) is 4.98 Å². The van der Waals surface area contributed by atoms with E-state index in [4.69, 9.17) is 0 Å². The van der Waals surface area contributed by atoms with Crippen LogP contribution in [0.2, 0.25) is 0 Å². The van der Waals surface area contributed by atoms with Gasteiger partial charge in [0.2, 0.25) is 0 Å². The summed E-state index contributed by atoms with van der Waals surface area (Å²) in [5.74, 6) is 3.10. The number of nitrogens with zero attached hydrogens (tertiary/aromatic N) is 1. The van der Waals surface area contributed by atoms with Crippen LogP contribution in [0.5, 0.6) is 0 Å². The Balaban J connectivity index is 1.56. The van der Waals surface area contributed by atoms with Crippen molar-refractivity contribution in [2.24, 2.45) is 23.2 Å². The molecule has 0 spiro atoms. The highest BCUT2D eigenvalue weighted by Crippen LogP contribution is 2.62. The third-order valence-corrected chi connectivity index (χ3v) is 7.54. The zero-order valence-electron chi connectivity index (χ0n) is 12.3. The molecule has 4 saturated carbocycles. The summed E-state index contributed by atoms with van der Waals surface area (Å²) in [6, 6.07) is 4.24. The van der Waals surface area contributed by atoms with E-state index in [1.807, 2.05) is 12.3 Å². The Morgan fingerprint density at radius 1 is 1.20 bits per heavy atom. The Kier molecular flexibility index (Phi) is 3.21. The number of alkyl halides is 1. The summed E-state index contributed by atoms with van der Waals surface area (Å²) in [7, 11) is 0. The maximum atomic E-state index is 4.62. The minimum Gasteiger partial charge on any atom is -0.261 e. The molecule has 20 heavy (non-hydrogen) atoms. The van der Waals surface area contributed by atoms with Gasteiger partial charge < -0.3 is 0 Å². The van der Waals surface area contributed by atoms with Gasteiger partial charge in [0.05, 0.1) is 0 Å². The van der Waals surface area contributed by atoms with E-state index in [-0.39, 0.29) is 0 Å². The van der Waals surface area contributed by atoms with Gasteiger partial charge in [-0.05, 0) is 80.2 Å². The molecule has 108 valence electrons. The Morgan fingerprint density at radius 3 is 2.35 bits per heavy atom. The second-order valence-corrected chi connectivity index (χ2v) is 8.82. The van der Waals surface area contributed by atoms with Gasteiger partial charge in [-0.15, -0.1) is 0 Å². The number of rotatable bonds is 3. The molecule has 4 fully saturated rings. The van der Waals surface area contributed by atoms with Gasteiger partial charge in [0.25, 0.3) is 0 Å². The van der Waals surface area contributed by atoms with Crippen LogP contribution in [0.15, 0.2) is 18.3 Å². The molecule has 1 aromatic heterocycles. The van der Waals surface area contributed by atoms with Gasteiger partial charge in [0.1, 0.15) is 0 Å². The second-order valence-electron chi connectivity index (χ2n) is 7.72. The second kappa shape index (κ2) is 4.83. The van der Waals surface area contributed by atoms with Crippen LogP contribution in [-0.2, 0) is 6.42 Å². The van der Waals surface area contributed by atoms with Gasteiger partial charge in [-0.1, -0.05) is 22.0 Å². The molecule has 4 aliphatic carbocycles. The summed E-state index contributed by atoms with van der Waals surface area (Å²) in [5.41, 5.74) is 3.23. The molecule has 1 nitrogen and oxygen atoms in total. The summed E-state index contributed by atoms with van der Waals surface area (Å²) in [6.45, 7) is 2.20. The van der Waals surface area contributed by atoms with E-state index in [1.165, 1.54) is 49.8 Å². The summed E-state index contributed by atoms with van der Waals surface area (Å²) in [6.07, 6.45) is 12.1. The van der Waals surface area contributed by atoms with Gasteiger partial charge >= 0.3 is 0 Å². The summed E-state index contributed by atoms with van der Waals surface area (Å²) >= 11 is 4.10. The van der Waals surface area contributed by atoms with E-state index >= 15 is 0 Å². The lowest BCUT2D eigenvalue weighted by Crippen LogP contribution is -2.50. The largest absolute Gasteiger partial charge is 0.261 e. The van der Waals surface area contributed by atoms with E-state index in [0.29, 0.717) is 10.2 Å². The van der Waals surface area contributed by atoms with Gasteiger partial charge in [0, 0.05) is 23.1 Å². The molecule has 4 aliphatic rings. The summed E-state index contributed by atoms with van der Waals surface area (Å²) < 4.78 is 0. The monoisotopic (exact) mass is 333 g/mol. The molecule has 5 rings (SSSR count). The quantitative estimate of drug-likeness (QED) is 0.716. The lowest BCUT2D eigenvalue weighted by Gasteiger charge is -2.58.